The minimum absolute atomic E-state index is 0.0552. The van der Waals surface area contributed by atoms with Crippen molar-refractivity contribution in [2.75, 3.05) is 18.8 Å². The third-order valence-corrected chi connectivity index (χ3v) is 5.24. The van der Waals surface area contributed by atoms with Crippen LogP contribution in [0.5, 0.6) is 0 Å². The summed E-state index contributed by atoms with van der Waals surface area (Å²) in [5.41, 5.74) is 0.0816. The molecule has 0 aliphatic carbocycles. The van der Waals surface area contributed by atoms with E-state index >= 15 is 0 Å². The number of urea groups is 1. The molecule has 1 aliphatic heterocycles. The molecular weight excluding hydrogens is 383 g/mol. The van der Waals surface area contributed by atoms with Gasteiger partial charge in [0.15, 0.2) is 5.16 Å². The predicted molar refractivity (Wildman–Crippen MR) is 103 cm³/mol. The third kappa shape index (κ3) is 3.24. The van der Waals surface area contributed by atoms with Crippen molar-refractivity contribution in [3.63, 3.8) is 0 Å². The van der Waals surface area contributed by atoms with Gasteiger partial charge in [0.2, 0.25) is 5.91 Å². The summed E-state index contributed by atoms with van der Waals surface area (Å²) in [7, 11) is 0. The molecule has 7 nitrogen and oxygen atoms in total. The van der Waals surface area contributed by atoms with Gasteiger partial charge in [-0.05, 0) is 24.3 Å². The Morgan fingerprint density at radius 3 is 2.64 bits per heavy atom. The number of hydrogen-bond donors (Lipinski definition) is 1. The highest BCUT2D eigenvalue weighted by Gasteiger charge is 2.26. The number of thioether (sulfide) groups is 1. The van der Waals surface area contributed by atoms with Gasteiger partial charge in [0.1, 0.15) is 5.82 Å². The first-order valence-corrected chi connectivity index (χ1v) is 9.52. The van der Waals surface area contributed by atoms with E-state index in [4.69, 9.17) is 0 Å². The lowest BCUT2D eigenvalue weighted by molar-refractivity contribution is -0.124. The third-order valence-electron chi connectivity index (χ3n) is 4.32. The number of fused-ring (bicyclic) bond motifs is 1. The predicted octanol–water partition coefficient (Wildman–Crippen LogP) is 2.17. The van der Waals surface area contributed by atoms with Crippen molar-refractivity contribution in [1.29, 1.82) is 0 Å². The lowest BCUT2D eigenvalue weighted by atomic mass is 10.2. The minimum atomic E-state index is -0.575. The smallest absolute Gasteiger partial charge is 0.324 e. The summed E-state index contributed by atoms with van der Waals surface area (Å²) in [6, 6.07) is 12.2. The molecule has 2 heterocycles. The monoisotopic (exact) mass is 398 g/mol. The highest BCUT2D eigenvalue weighted by molar-refractivity contribution is 7.99. The fourth-order valence-corrected chi connectivity index (χ4v) is 3.85. The number of nitrogens with zero attached hydrogens (tertiary/aromatic N) is 3. The zero-order valence-electron chi connectivity index (χ0n) is 14.6. The first-order valence-electron chi connectivity index (χ1n) is 8.54. The van der Waals surface area contributed by atoms with Crippen LogP contribution in [0.4, 0.5) is 9.18 Å². The number of benzene rings is 2. The number of aromatic nitrogens is 2. The molecule has 4 rings (SSSR count). The van der Waals surface area contributed by atoms with E-state index in [1.165, 1.54) is 22.8 Å². The number of imide groups is 1. The maximum Gasteiger partial charge on any atom is 0.324 e. The normalized spacial score (nSPS) is 13.8. The number of rotatable bonds is 4. The molecule has 3 aromatic rings. The Morgan fingerprint density at radius 1 is 1.14 bits per heavy atom. The zero-order chi connectivity index (χ0) is 19.7. The number of carbonyl (C=O) groups excluding carboxylic acids is 2. The fourth-order valence-electron chi connectivity index (χ4n) is 2.97. The van der Waals surface area contributed by atoms with Gasteiger partial charge in [-0.2, -0.15) is 0 Å². The van der Waals surface area contributed by atoms with E-state index < -0.39 is 23.3 Å². The van der Waals surface area contributed by atoms with E-state index in [0.29, 0.717) is 24.0 Å². The number of carbonyl (C=O) groups is 2. The summed E-state index contributed by atoms with van der Waals surface area (Å²) < 4.78 is 15.6. The van der Waals surface area contributed by atoms with Gasteiger partial charge in [-0.25, -0.2) is 14.2 Å². The van der Waals surface area contributed by atoms with Gasteiger partial charge >= 0.3 is 6.03 Å². The fraction of sp³-hybridized carbons (Fsp3) is 0.158. The standard InChI is InChI=1S/C19H15FN4O3S/c20-13-6-2-4-8-15(13)24-17(26)12-5-1-3-7-14(12)22-19(24)28-11-16(25)23-10-9-21-18(23)27/h1-8H,9-11H2,(H,21,27). The highest BCUT2D eigenvalue weighted by Crippen LogP contribution is 2.23. The van der Waals surface area contributed by atoms with E-state index in [2.05, 4.69) is 10.3 Å². The quantitative estimate of drug-likeness (QED) is 0.538. The molecule has 0 spiro atoms. The van der Waals surface area contributed by atoms with Crippen LogP contribution in [0, 0.1) is 5.82 Å². The van der Waals surface area contributed by atoms with Gasteiger partial charge in [-0.1, -0.05) is 36.0 Å². The van der Waals surface area contributed by atoms with Crippen molar-refractivity contribution >= 4 is 34.6 Å². The highest BCUT2D eigenvalue weighted by atomic mass is 32.2. The van der Waals surface area contributed by atoms with E-state index in [0.717, 1.165) is 16.7 Å². The van der Waals surface area contributed by atoms with Crippen LogP contribution in [0.25, 0.3) is 16.6 Å². The molecule has 0 bridgehead atoms. The summed E-state index contributed by atoms with van der Waals surface area (Å²) in [6.45, 7) is 0.701. The molecule has 1 N–H and O–H groups in total. The lowest BCUT2D eigenvalue weighted by Crippen LogP contribution is -2.35. The Kier molecular flexibility index (Phi) is 4.82. The number of halogens is 1. The Balaban J connectivity index is 1.77. The molecule has 142 valence electrons. The molecule has 0 saturated carbocycles. The van der Waals surface area contributed by atoms with Crippen LogP contribution >= 0.6 is 11.8 Å². The molecule has 1 fully saturated rings. The van der Waals surface area contributed by atoms with Crippen LogP contribution in [-0.2, 0) is 4.79 Å². The second-order valence-corrected chi connectivity index (χ2v) is 7.01. The second kappa shape index (κ2) is 7.43. The Morgan fingerprint density at radius 2 is 1.89 bits per heavy atom. The van der Waals surface area contributed by atoms with Crippen molar-refractivity contribution in [3.05, 3.63) is 64.7 Å². The van der Waals surface area contributed by atoms with E-state index in [9.17, 15) is 18.8 Å². The molecule has 0 atom stereocenters. The number of para-hydroxylation sites is 2. The molecule has 9 heteroatoms. The molecule has 3 amide bonds. The van der Waals surface area contributed by atoms with E-state index in [1.807, 2.05) is 0 Å². The number of nitrogens with one attached hydrogen (secondary N) is 1. The molecule has 1 aliphatic rings. The molecule has 28 heavy (non-hydrogen) atoms. The summed E-state index contributed by atoms with van der Waals surface area (Å²) in [4.78, 5) is 42.6. The van der Waals surface area contributed by atoms with Crippen LogP contribution < -0.4 is 10.9 Å². The molecule has 0 unspecified atom stereocenters. The maximum absolute atomic E-state index is 14.4. The molecule has 2 aromatic carbocycles. The van der Waals surface area contributed by atoms with Gasteiger partial charge < -0.3 is 5.32 Å². The average molecular weight is 398 g/mol. The molecule has 1 aromatic heterocycles. The van der Waals surface area contributed by atoms with Crippen LogP contribution in [0.3, 0.4) is 0 Å². The van der Waals surface area contributed by atoms with Gasteiger partial charge in [-0.15, -0.1) is 0 Å². The van der Waals surface area contributed by atoms with Crippen molar-refractivity contribution in [3.8, 4) is 5.69 Å². The first kappa shape index (κ1) is 18.2. The Hall–Kier alpha value is -3.20. The number of hydrogen-bond acceptors (Lipinski definition) is 5. The first-order chi connectivity index (χ1) is 13.6. The second-order valence-electron chi connectivity index (χ2n) is 6.07. The van der Waals surface area contributed by atoms with Gasteiger partial charge in [0, 0.05) is 13.1 Å². The maximum atomic E-state index is 14.4. The number of amides is 3. The Labute approximate surface area is 163 Å². The molecule has 0 radical (unpaired) electrons. The lowest BCUT2D eigenvalue weighted by Gasteiger charge is -2.15. The van der Waals surface area contributed by atoms with Crippen molar-refractivity contribution < 1.29 is 14.0 Å². The summed E-state index contributed by atoms with van der Waals surface area (Å²) in [6.07, 6.45) is 0. The Bertz CT molecular complexity index is 1150. The van der Waals surface area contributed by atoms with Crippen LogP contribution in [0.1, 0.15) is 0 Å². The van der Waals surface area contributed by atoms with Gasteiger partial charge in [0.25, 0.3) is 5.56 Å². The van der Waals surface area contributed by atoms with Crippen molar-refractivity contribution in [2.45, 2.75) is 5.16 Å². The zero-order valence-corrected chi connectivity index (χ0v) is 15.4. The largest absolute Gasteiger partial charge is 0.336 e. The van der Waals surface area contributed by atoms with Crippen molar-refractivity contribution in [2.24, 2.45) is 0 Å². The van der Waals surface area contributed by atoms with E-state index in [-0.39, 0.29) is 16.6 Å². The van der Waals surface area contributed by atoms with Gasteiger partial charge in [-0.3, -0.25) is 19.1 Å². The minimum Gasteiger partial charge on any atom is -0.336 e. The topological polar surface area (TPSA) is 84.3 Å². The van der Waals surface area contributed by atoms with Gasteiger partial charge in [0.05, 0.1) is 22.3 Å². The van der Waals surface area contributed by atoms with Crippen LogP contribution in [0.15, 0.2) is 58.5 Å². The molecular formula is C19H15FN4O3S. The SMILES string of the molecule is O=C(CSc1nc2ccccc2c(=O)n1-c1ccccc1F)N1CCNC1=O. The van der Waals surface area contributed by atoms with E-state index in [1.54, 1.807) is 30.3 Å². The summed E-state index contributed by atoms with van der Waals surface area (Å²) >= 11 is 0.991. The summed E-state index contributed by atoms with van der Waals surface area (Å²) in [5.74, 6) is -1.08. The van der Waals surface area contributed by atoms with Crippen molar-refractivity contribution in [1.82, 2.24) is 19.8 Å². The average Bonchev–Trinajstić information content (AvgIpc) is 3.13. The van der Waals surface area contributed by atoms with Crippen LogP contribution in [-0.4, -0.2) is 45.2 Å². The molecule has 1 saturated heterocycles. The summed E-state index contributed by atoms with van der Waals surface area (Å²) in [5, 5.41) is 3.09. The van der Waals surface area contributed by atoms with Crippen LogP contribution in [0.2, 0.25) is 0 Å².